The summed E-state index contributed by atoms with van der Waals surface area (Å²) >= 11 is 0. The number of hydrogen-bond acceptors (Lipinski definition) is 5. The summed E-state index contributed by atoms with van der Waals surface area (Å²) in [5.41, 5.74) is 0.914. The predicted octanol–water partition coefficient (Wildman–Crippen LogP) is 3.21. The second-order valence-corrected chi connectivity index (χ2v) is 6.68. The number of aromatic nitrogens is 2. The Labute approximate surface area is 157 Å². The minimum absolute atomic E-state index is 0.0134. The summed E-state index contributed by atoms with van der Waals surface area (Å²) in [7, 11) is 0. The van der Waals surface area contributed by atoms with Gasteiger partial charge in [-0.2, -0.15) is 4.98 Å². The molecule has 2 heterocycles. The molecule has 1 saturated heterocycles. The Hall–Kier alpha value is -3.15. The van der Waals surface area contributed by atoms with Crippen molar-refractivity contribution in [3.8, 4) is 17.2 Å². The molecule has 27 heavy (non-hydrogen) atoms. The van der Waals surface area contributed by atoms with Crippen LogP contribution in [0.4, 0.5) is 0 Å². The molecule has 1 aliphatic rings. The molecule has 0 spiro atoms. The smallest absolute Gasteiger partial charge is 0.260 e. The fourth-order valence-corrected chi connectivity index (χ4v) is 3.27. The average Bonchev–Trinajstić information content (AvgIpc) is 3.38. The van der Waals surface area contributed by atoms with E-state index in [1.54, 1.807) is 0 Å². The van der Waals surface area contributed by atoms with Crippen LogP contribution >= 0.6 is 0 Å². The van der Waals surface area contributed by atoms with Gasteiger partial charge in [0.15, 0.2) is 12.4 Å². The van der Waals surface area contributed by atoms with E-state index in [9.17, 15) is 4.79 Å². The standard InChI is InChI=1S/C21H21N3O3/c25-20(15-26-18-9-5-2-6-10-18)24-12-11-16(14-24)13-19-22-21(27-23-19)17-7-3-1-4-8-17/h1-10,16H,11-15H2. The summed E-state index contributed by atoms with van der Waals surface area (Å²) in [6.45, 7) is 1.51. The van der Waals surface area contributed by atoms with Crippen LogP contribution in [0.25, 0.3) is 11.5 Å². The SMILES string of the molecule is O=C(COc1ccccc1)N1CCC(Cc2noc(-c3ccccc3)n2)C1. The zero-order valence-corrected chi connectivity index (χ0v) is 15.0. The molecule has 1 aliphatic heterocycles. The number of nitrogens with zero attached hydrogens (tertiary/aromatic N) is 3. The Balaban J connectivity index is 1.28. The van der Waals surface area contributed by atoms with Crippen molar-refractivity contribution in [2.75, 3.05) is 19.7 Å². The molecule has 1 unspecified atom stereocenters. The van der Waals surface area contributed by atoms with Crippen molar-refractivity contribution < 1.29 is 14.1 Å². The maximum absolute atomic E-state index is 12.4. The van der Waals surface area contributed by atoms with Gasteiger partial charge < -0.3 is 14.2 Å². The van der Waals surface area contributed by atoms with Crippen LogP contribution in [0.5, 0.6) is 5.75 Å². The molecule has 6 heteroatoms. The average molecular weight is 363 g/mol. The molecule has 1 aromatic heterocycles. The largest absolute Gasteiger partial charge is 0.484 e. The van der Waals surface area contributed by atoms with Gasteiger partial charge in [0.2, 0.25) is 0 Å². The minimum Gasteiger partial charge on any atom is -0.484 e. The molecule has 6 nitrogen and oxygen atoms in total. The molecular weight excluding hydrogens is 342 g/mol. The van der Waals surface area contributed by atoms with Crippen LogP contribution in [0.15, 0.2) is 65.2 Å². The molecule has 3 aromatic rings. The van der Waals surface area contributed by atoms with E-state index in [2.05, 4.69) is 10.1 Å². The van der Waals surface area contributed by atoms with E-state index in [1.165, 1.54) is 0 Å². The Bertz CT molecular complexity index is 880. The van der Waals surface area contributed by atoms with Crippen molar-refractivity contribution in [1.29, 1.82) is 0 Å². The van der Waals surface area contributed by atoms with Crippen LogP contribution in [0.2, 0.25) is 0 Å². The number of benzene rings is 2. The van der Waals surface area contributed by atoms with Gasteiger partial charge in [-0.25, -0.2) is 0 Å². The second kappa shape index (κ2) is 8.03. The zero-order chi connectivity index (χ0) is 18.5. The molecule has 0 aliphatic carbocycles. The lowest BCUT2D eigenvalue weighted by molar-refractivity contribution is -0.132. The number of carbonyl (C=O) groups is 1. The van der Waals surface area contributed by atoms with Gasteiger partial charge in [-0.3, -0.25) is 4.79 Å². The lowest BCUT2D eigenvalue weighted by Crippen LogP contribution is -2.33. The van der Waals surface area contributed by atoms with Crippen molar-refractivity contribution in [3.63, 3.8) is 0 Å². The highest BCUT2D eigenvalue weighted by Crippen LogP contribution is 2.22. The summed E-state index contributed by atoms with van der Waals surface area (Å²) in [5.74, 6) is 2.29. The molecule has 1 atom stereocenters. The van der Waals surface area contributed by atoms with Crippen molar-refractivity contribution in [3.05, 3.63) is 66.5 Å². The minimum atomic E-state index is 0.0134. The van der Waals surface area contributed by atoms with Gasteiger partial charge >= 0.3 is 0 Å². The Kier molecular flexibility index (Phi) is 5.14. The van der Waals surface area contributed by atoms with E-state index in [1.807, 2.05) is 65.6 Å². The van der Waals surface area contributed by atoms with Crippen LogP contribution in [0, 0.1) is 5.92 Å². The predicted molar refractivity (Wildman–Crippen MR) is 100 cm³/mol. The zero-order valence-electron chi connectivity index (χ0n) is 15.0. The highest BCUT2D eigenvalue weighted by atomic mass is 16.5. The van der Waals surface area contributed by atoms with E-state index >= 15 is 0 Å². The van der Waals surface area contributed by atoms with E-state index in [4.69, 9.17) is 9.26 Å². The van der Waals surface area contributed by atoms with Crippen LogP contribution in [-0.2, 0) is 11.2 Å². The first-order valence-corrected chi connectivity index (χ1v) is 9.11. The van der Waals surface area contributed by atoms with Gasteiger partial charge in [-0.05, 0) is 36.6 Å². The Morgan fingerprint density at radius 3 is 2.63 bits per heavy atom. The second-order valence-electron chi connectivity index (χ2n) is 6.68. The van der Waals surface area contributed by atoms with Crippen LogP contribution in [0.3, 0.4) is 0 Å². The number of ether oxygens (including phenoxy) is 1. The number of likely N-dealkylation sites (tertiary alicyclic amines) is 1. The lowest BCUT2D eigenvalue weighted by atomic mass is 10.1. The molecule has 0 saturated carbocycles. The van der Waals surface area contributed by atoms with Gasteiger partial charge in [0.25, 0.3) is 11.8 Å². The third kappa shape index (κ3) is 4.34. The van der Waals surface area contributed by atoms with Gasteiger partial charge in [0, 0.05) is 25.1 Å². The van der Waals surface area contributed by atoms with E-state index in [-0.39, 0.29) is 12.5 Å². The number of amides is 1. The molecular formula is C21H21N3O3. The molecule has 1 fully saturated rings. The first-order valence-electron chi connectivity index (χ1n) is 9.11. The summed E-state index contributed by atoms with van der Waals surface area (Å²) in [4.78, 5) is 18.7. The van der Waals surface area contributed by atoms with Crippen molar-refractivity contribution in [1.82, 2.24) is 15.0 Å². The monoisotopic (exact) mass is 363 g/mol. The van der Waals surface area contributed by atoms with Crippen molar-refractivity contribution in [2.45, 2.75) is 12.8 Å². The lowest BCUT2D eigenvalue weighted by Gasteiger charge is -2.16. The van der Waals surface area contributed by atoms with Crippen LogP contribution in [0.1, 0.15) is 12.2 Å². The molecule has 0 N–H and O–H groups in total. The molecule has 1 amide bonds. The molecule has 0 bridgehead atoms. The third-order valence-electron chi connectivity index (χ3n) is 4.70. The first-order chi connectivity index (χ1) is 13.3. The van der Waals surface area contributed by atoms with E-state index in [0.717, 1.165) is 18.5 Å². The fraction of sp³-hybridized carbons (Fsp3) is 0.286. The topological polar surface area (TPSA) is 68.5 Å². The highest BCUT2D eigenvalue weighted by molar-refractivity contribution is 5.78. The summed E-state index contributed by atoms with van der Waals surface area (Å²) < 4.78 is 10.9. The first kappa shape index (κ1) is 17.3. The highest BCUT2D eigenvalue weighted by Gasteiger charge is 2.27. The fourth-order valence-electron chi connectivity index (χ4n) is 3.27. The molecule has 138 valence electrons. The number of para-hydroxylation sites is 1. The maximum Gasteiger partial charge on any atom is 0.260 e. The normalized spacial score (nSPS) is 16.4. The van der Waals surface area contributed by atoms with E-state index < -0.39 is 0 Å². The van der Waals surface area contributed by atoms with Crippen molar-refractivity contribution in [2.24, 2.45) is 5.92 Å². The van der Waals surface area contributed by atoms with Gasteiger partial charge in [0.05, 0.1) is 0 Å². The number of hydrogen-bond donors (Lipinski definition) is 0. The van der Waals surface area contributed by atoms with Crippen LogP contribution < -0.4 is 4.74 Å². The van der Waals surface area contributed by atoms with Crippen molar-refractivity contribution >= 4 is 5.91 Å². The Morgan fingerprint density at radius 2 is 1.85 bits per heavy atom. The number of rotatable bonds is 6. The summed E-state index contributed by atoms with van der Waals surface area (Å²) in [6.07, 6.45) is 1.64. The van der Waals surface area contributed by atoms with Gasteiger partial charge in [0.1, 0.15) is 5.75 Å². The van der Waals surface area contributed by atoms with Gasteiger partial charge in [-0.15, -0.1) is 0 Å². The molecule has 0 radical (unpaired) electrons. The summed E-state index contributed by atoms with van der Waals surface area (Å²) in [6, 6.07) is 19.1. The Morgan fingerprint density at radius 1 is 1.11 bits per heavy atom. The third-order valence-corrected chi connectivity index (χ3v) is 4.70. The maximum atomic E-state index is 12.4. The van der Waals surface area contributed by atoms with E-state index in [0.29, 0.717) is 36.3 Å². The van der Waals surface area contributed by atoms with Crippen LogP contribution in [-0.4, -0.2) is 40.6 Å². The molecule has 4 rings (SSSR count). The molecule has 2 aromatic carbocycles. The summed E-state index contributed by atoms with van der Waals surface area (Å²) in [5, 5.41) is 4.09. The van der Waals surface area contributed by atoms with Gasteiger partial charge in [-0.1, -0.05) is 41.6 Å². The number of carbonyl (C=O) groups excluding carboxylic acids is 1. The quantitative estimate of drug-likeness (QED) is 0.673.